The molecule has 8 heteroatoms. The summed E-state index contributed by atoms with van der Waals surface area (Å²) in [6.45, 7) is 4.54. The molecule has 2 fully saturated rings. The third-order valence-electron chi connectivity index (χ3n) is 5.74. The van der Waals surface area contributed by atoms with Crippen molar-refractivity contribution in [3.8, 4) is 0 Å². The summed E-state index contributed by atoms with van der Waals surface area (Å²) in [5, 5.41) is 2.89. The SMILES string of the molecule is CCCN(CC(=O)NC1CCS(=O)(=O)C1)C1CCN(C(=O)c2ccccc2)CC1. The minimum atomic E-state index is -3.00. The minimum absolute atomic E-state index is 0.0481. The summed E-state index contributed by atoms with van der Waals surface area (Å²) in [7, 11) is -3.00. The first-order chi connectivity index (χ1) is 13.9. The van der Waals surface area contributed by atoms with Crippen LogP contribution in [0, 0.1) is 0 Å². The second-order valence-electron chi connectivity index (χ2n) is 8.03. The van der Waals surface area contributed by atoms with Crippen LogP contribution in [0.2, 0.25) is 0 Å². The fourth-order valence-corrected chi connectivity index (χ4v) is 5.92. The Bertz CT molecular complexity index is 804. The summed E-state index contributed by atoms with van der Waals surface area (Å²) >= 11 is 0. The Kier molecular flexibility index (Phi) is 7.29. The molecule has 1 aromatic carbocycles. The van der Waals surface area contributed by atoms with Crippen molar-refractivity contribution >= 4 is 21.7 Å². The molecular formula is C21H31N3O4S. The lowest BCUT2D eigenvalue weighted by molar-refractivity contribution is -0.123. The Hall–Kier alpha value is -1.93. The smallest absolute Gasteiger partial charge is 0.253 e. The highest BCUT2D eigenvalue weighted by Crippen LogP contribution is 2.19. The largest absolute Gasteiger partial charge is 0.351 e. The van der Waals surface area contributed by atoms with Crippen LogP contribution in [-0.2, 0) is 14.6 Å². The predicted molar refractivity (Wildman–Crippen MR) is 112 cm³/mol. The summed E-state index contributed by atoms with van der Waals surface area (Å²) < 4.78 is 23.2. The second kappa shape index (κ2) is 9.71. The van der Waals surface area contributed by atoms with Gasteiger partial charge in [-0.2, -0.15) is 0 Å². The van der Waals surface area contributed by atoms with E-state index in [0.29, 0.717) is 25.1 Å². The molecule has 1 N–H and O–H groups in total. The molecule has 7 nitrogen and oxygen atoms in total. The van der Waals surface area contributed by atoms with E-state index in [-0.39, 0.29) is 41.9 Å². The molecule has 2 aliphatic heterocycles. The maximum atomic E-state index is 12.6. The van der Waals surface area contributed by atoms with Crippen LogP contribution in [0.4, 0.5) is 0 Å². The zero-order valence-corrected chi connectivity index (χ0v) is 17.9. The van der Waals surface area contributed by atoms with Gasteiger partial charge in [0.1, 0.15) is 0 Å². The molecule has 2 saturated heterocycles. The summed E-state index contributed by atoms with van der Waals surface area (Å²) in [6.07, 6.45) is 3.11. The number of carbonyl (C=O) groups is 2. The van der Waals surface area contributed by atoms with Gasteiger partial charge in [-0.15, -0.1) is 0 Å². The van der Waals surface area contributed by atoms with Gasteiger partial charge >= 0.3 is 0 Å². The van der Waals surface area contributed by atoms with Gasteiger partial charge in [-0.1, -0.05) is 25.1 Å². The number of hydrogen-bond donors (Lipinski definition) is 1. The van der Waals surface area contributed by atoms with E-state index >= 15 is 0 Å². The Balaban J connectivity index is 1.51. The van der Waals surface area contributed by atoms with Crippen molar-refractivity contribution in [1.29, 1.82) is 0 Å². The number of sulfone groups is 1. The number of likely N-dealkylation sites (tertiary alicyclic amines) is 1. The molecule has 2 amide bonds. The van der Waals surface area contributed by atoms with Crippen LogP contribution in [0.25, 0.3) is 0 Å². The molecule has 2 heterocycles. The summed E-state index contributed by atoms with van der Waals surface area (Å²) in [6, 6.07) is 9.32. The molecule has 0 radical (unpaired) electrons. The lowest BCUT2D eigenvalue weighted by Gasteiger charge is -2.38. The van der Waals surface area contributed by atoms with Crippen molar-refractivity contribution in [2.24, 2.45) is 0 Å². The molecule has 1 aromatic rings. The van der Waals surface area contributed by atoms with Gasteiger partial charge in [0.25, 0.3) is 5.91 Å². The van der Waals surface area contributed by atoms with Crippen LogP contribution in [0.5, 0.6) is 0 Å². The zero-order chi connectivity index (χ0) is 20.9. The normalized spacial score (nSPS) is 22.0. The summed E-state index contributed by atoms with van der Waals surface area (Å²) in [5.74, 6) is 0.159. The van der Waals surface area contributed by atoms with Crippen LogP contribution >= 0.6 is 0 Å². The van der Waals surface area contributed by atoms with Crippen molar-refractivity contribution in [1.82, 2.24) is 15.1 Å². The van der Waals surface area contributed by atoms with Gasteiger partial charge in [-0.05, 0) is 44.4 Å². The van der Waals surface area contributed by atoms with E-state index in [2.05, 4.69) is 17.1 Å². The number of nitrogens with zero attached hydrogens (tertiary/aromatic N) is 2. The molecule has 29 heavy (non-hydrogen) atoms. The third kappa shape index (κ3) is 6.02. The molecule has 3 rings (SSSR count). The Morgan fingerprint density at radius 3 is 2.41 bits per heavy atom. The van der Waals surface area contributed by atoms with Crippen LogP contribution in [-0.4, -0.2) is 79.8 Å². The lowest BCUT2D eigenvalue weighted by atomic mass is 10.0. The van der Waals surface area contributed by atoms with Gasteiger partial charge in [0.15, 0.2) is 9.84 Å². The molecule has 0 aliphatic carbocycles. The van der Waals surface area contributed by atoms with Gasteiger partial charge in [0, 0.05) is 30.7 Å². The second-order valence-corrected chi connectivity index (χ2v) is 10.3. The molecular weight excluding hydrogens is 390 g/mol. The minimum Gasteiger partial charge on any atom is -0.351 e. The first-order valence-electron chi connectivity index (χ1n) is 10.5. The van der Waals surface area contributed by atoms with E-state index < -0.39 is 9.84 Å². The Morgan fingerprint density at radius 2 is 1.83 bits per heavy atom. The van der Waals surface area contributed by atoms with Crippen LogP contribution in [0.3, 0.4) is 0 Å². The van der Waals surface area contributed by atoms with Gasteiger partial charge in [-0.25, -0.2) is 8.42 Å². The molecule has 1 unspecified atom stereocenters. The number of hydrogen-bond acceptors (Lipinski definition) is 5. The van der Waals surface area contributed by atoms with E-state index in [0.717, 1.165) is 25.8 Å². The maximum absolute atomic E-state index is 12.6. The number of carbonyl (C=O) groups excluding carboxylic acids is 2. The first kappa shape index (κ1) is 21.8. The van der Waals surface area contributed by atoms with Gasteiger partial charge in [0.05, 0.1) is 18.1 Å². The Morgan fingerprint density at radius 1 is 1.14 bits per heavy atom. The molecule has 1 atom stereocenters. The van der Waals surface area contributed by atoms with Crippen LogP contribution in [0.15, 0.2) is 30.3 Å². The summed E-state index contributed by atoms with van der Waals surface area (Å²) in [5.41, 5.74) is 0.710. The van der Waals surface area contributed by atoms with E-state index in [4.69, 9.17) is 0 Å². The monoisotopic (exact) mass is 421 g/mol. The zero-order valence-electron chi connectivity index (χ0n) is 17.0. The van der Waals surface area contributed by atoms with Crippen LogP contribution in [0.1, 0.15) is 43.0 Å². The topological polar surface area (TPSA) is 86.8 Å². The molecule has 2 aliphatic rings. The maximum Gasteiger partial charge on any atom is 0.253 e. The quantitative estimate of drug-likeness (QED) is 0.717. The average Bonchev–Trinajstić information content (AvgIpc) is 3.06. The fraction of sp³-hybridized carbons (Fsp3) is 0.619. The third-order valence-corrected chi connectivity index (χ3v) is 7.51. The lowest BCUT2D eigenvalue weighted by Crippen LogP contribution is -2.50. The van der Waals surface area contributed by atoms with Gasteiger partial charge in [-0.3, -0.25) is 14.5 Å². The van der Waals surface area contributed by atoms with E-state index in [1.54, 1.807) is 0 Å². The van der Waals surface area contributed by atoms with Crippen molar-refractivity contribution < 1.29 is 18.0 Å². The highest BCUT2D eigenvalue weighted by Gasteiger charge is 2.31. The van der Waals surface area contributed by atoms with E-state index in [1.165, 1.54) is 0 Å². The number of rotatable bonds is 7. The molecule has 0 saturated carbocycles. The highest BCUT2D eigenvalue weighted by molar-refractivity contribution is 7.91. The average molecular weight is 422 g/mol. The first-order valence-corrected chi connectivity index (χ1v) is 12.3. The highest BCUT2D eigenvalue weighted by atomic mass is 32.2. The van der Waals surface area contributed by atoms with Crippen molar-refractivity contribution in [2.45, 2.75) is 44.7 Å². The number of nitrogens with one attached hydrogen (secondary N) is 1. The molecule has 160 valence electrons. The standard InChI is InChI=1S/C21H31N3O4S/c1-2-11-24(15-20(25)22-18-10-14-29(27,28)16-18)19-8-12-23(13-9-19)21(26)17-6-4-3-5-7-17/h3-7,18-19H,2,8-16H2,1H3,(H,22,25). The number of benzene rings is 1. The number of amides is 2. The van der Waals surface area contributed by atoms with E-state index in [9.17, 15) is 18.0 Å². The fourth-order valence-electron chi connectivity index (χ4n) is 4.24. The summed E-state index contributed by atoms with van der Waals surface area (Å²) in [4.78, 5) is 29.2. The van der Waals surface area contributed by atoms with Crippen molar-refractivity contribution in [3.63, 3.8) is 0 Å². The van der Waals surface area contributed by atoms with Crippen molar-refractivity contribution in [3.05, 3.63) is 35.9 Å². The molecule has 0 bridgehead atoms. The Labute approximate surface area is 173 Å². The van der Waals surface area contributed by atoms with Gasteiger partial charge < -0.3 is 10.2 Å². The van der Waals surface area contributed by atoms with Crippen LogP contribution < -0.4 is 5.32 Å². The predicted octanol–water partition coefficient (Wildman–Crippen LogP) is 1.31. The molecule has 0 spiro atoms. The van der Waals surface area contributed by atoms with Crippen molar-refractivity contribution in [2.75, 3.05) is 37.7 Å². The number of piperidine rings is 1. The van der Waals surface area contributed by atoms with Gasteiger partial charge in [0.2, 0.25) is 5.91 Å². The van der Waals surface area contributed by atoms with E-state index in [1.807, 2.05) is 35.2 Å². The molecule has 0 aromatic heterocycles.